The molecule has 0 bridgehead atoms. The first-order valence-corrected chi connectivity index (χ1v) is 2.67. The van der Waals surface area contributed by atoms with Gasteiger partial charge >= 0.3 is 5.97 Å². The van der Waals surface area contributed by atoms with Gasteiger partial charge in [-0.3, -0.25) is 0 Å². The fourth-order valence-electron chi connectivity index (χ4n) is 0.351. The van der Waals surface area contributed by atoms with Gasteiger partial charge in [0.15, 0.2) is 0 Å². The van der Waals surface area contributed by atoms with Crippen LogP contribution >= 0.6 is 12.4 Å². The number of hydrogen-bond donors (Lipinski definition) is 1. The molecule has 0 heterocycles. The highest BCUT2D eigenvalue weighted by molar-refractivity contribution is 5.85. The quantitative estimate of drug-likeness (QED) is 0.624. The number of carboxylic acid groups (broad SMARTS) is 1. The molecular weight excluding hydrogens is 140 g/mol. The summed E-state index contributed by atoms with van der Waals surface area (Å²) in [4.78, 5) is 9.79. The van der Waals surface area contributed by atoms with Crippen LogP contribution in [0.4, 0.5) is 0 Å². The van der Waals surface area contributed by atoms with Crippen LogP contribution in [0, 0.1) is 0 Å². The largest absolute Gasteiger partial charge is 0.478 e. The fourth-order valence-corrected chi connectivity index (χ4v) is 0.351. The van der Waals surface area contributed by atoms with Gasteiger partial charge in [0.2, 0.25) is 0 Å². The van der Waals surface area contributed by atoms with Gasteiger partial charge in [-0.15, -0.1) is 12.4 Å². The summed E-state index contributed by atoms with van der Waals surface area (Å²) in [6.07, 6.45) is 4.68. The minimum absolute atomic E-state index is 0. The SMILES string of the molecule is CCCC=CC(=O)O.Cl. The summed E-state index contributed by atoms with van der Waals surface area (Å²) >= 11 is 0. The van der Waals surface area contributed by atoms with Crippen LogP contribution in [-0.2, 0) is 4.79 Å². The molecule has 0 fully saturated rings. The lowest BCUT2D eigenvalue weighted by Gasteiger charge is -1.79. The highest BCUT2D eigenvalue weighted by atomic mass is 35.5. The minimum atomic E-state index is -0.863. The van der Waals surface area contributed by atoms with Crippen LogP contribution in [0.15, 0.2) is 12.2 Å². The van der Waals surface area contributed by atoms with Crippen LogP contribution in [0.2, 0.25) is 0 Å². The molecule has 0 atom stereocenters. The van der Waals surface area contributed by atoms with E-state index < -0.39 is 5.97 Å². The zero-order chi connectivity index (χ0) is 6.41. The first-order valence-electron chi connectivity index (χ1n) is 2.67. The summed E-state index contributed by atoms with van der Waals surface area (Å²) < 4.78 is 0. The van der Waals surface area contributed by atoms with Crippen molar-refractivity contribution in [1.82, 2.24) is 0 Å². The Kier molecular flexibility index (Phi) is 9.43. The number of halogens is 1. The van der Waals surface area contributed by atoms with E-state index in [-0.39, 0.29) is 12.4 Å². The summed E-state index contributed by atoms with van der Waals surface area (Å²) in [6, 6.07) is 0. The Hall–Kier alpha value is -0.500. The number of hydrogen-bond acceptors (Lipinski definition) is 1. The topological polar surface area (TPSA) is 37.3 Å². The molecule has 54 valence electrons. The number of aliphatic carboxylic acids is 1. The maximum atomic E-state index is 9.79. The van der Waals surface area contributed by atoms with Crippen molar-refractivity contribution in [1.29, 1.82) is 0 Å². The Labute approximate surface area is 61.0 Å². The lowest BCUT2D eigenvalue weighted by atomic mass is 10.3. The van der Waals surface area contributed by atoms with Crippen LogP contribution in [0.1, 0.15) is 19.8 Å². The monoisotopic (exact) mass is 150 g/mol. The van der Waals surface area contributed by atoms with E-state index in [2.05, 4.69) is 0 Å². The van der Waals surface area contributed by atoms with Crippen molar-refractivity contribution < 1.29 is 9.90 Å². The van der Waals surface area contributed by atoms with E-state index in [1.54, 1.807) is 6.08 Å². The van der Waals surface area contributed by atoms with Crippen molar-refractivity contribution in [3.63, 3.8) is 0 Å². The second-order valence-electron chi connectivity index (χ2n) is 1.53. The molecule has 0 aliphatic rings. The van der Waals surface area contributed by atoms with Gasteiger partial charge in [-0.25, -0.2) is 4.79 Å². The van der Waals surface area contributed by atoms with Gasteiger partial charge < -0.3 is 5.11 Å². The smallest absolute Gasteiger partial charge is 0.327 e. The number of carbonyl (C=O) groups is 1. The minimum Gasteiger partial charge on any atom is -0.478 e. The molecule has 0 radical (unpaired) electrons. The number of allylic oxidation sites excluding steroid dienone is 1. The molecule has 0 unspecified atom stereocenters. The molecule has 9 heavy (non-hydrogen) atoms. The van der Waals surface area contributed by atoms with E-state index in [1.165, 1.54) is 6.08 Å². The van der Waals surface area contributed by atoms with Crippen molar-refractivity contribution in [2.24, 2.45) is 0 Å². The Morgan fingerprint density at radius 1 is 1.67 bits per heavy atom. The lowest BCUT2D eigenvalue weighted by molar-refractivity contribution is -0.131. The van der Waals surface area contributed by atoms with Gasteiger partial charge in [0.1, 0.15) is 0 Å². The van der Waals surface area contributed by atoms with Crippen LogP contribution in [0.3, 0.4) is 0 Å². The third-order valence-corrected chi connectivity index (χ3v) is 0.716. The van der Waals surface area contributed by atoms with Gasteiger partial charge in [-0.1, -0.05) is 19.4 Å². The third-order valence-electron chi connectivity index (χ3n) is 0.716. The predicted octanol–water partition coefficient (Wildman–Crippen LogP) is 1.85. The van der Waals surface area contributed by atoms with E-state index >= 15 is 0 Å². The molecule has 1 N–H and O–H groups in total. The molecule has 0 saturated heterocycles. The van der Waals surface area contributed by atoms with Gasteiger partial charge in [0.25, 0.3) is 0 Å². The maximum absolute atomic E-state index is 9.79. The van der Waals surface area contributed by atoms with Crippen LogP contribution in [0.25, 0.3) is 0 Å². The van der Waals surface area contributed by atoms with Gasteiger partial charge in [0.05, 0.1) is 0 Å². The van der Waals surface area contributed by atoms with Crippen molar-refractivity contribution in [3.8, 4) is 0 Å². The molecule has 0 amide bonds. The molecule has 0 aliphatic heterocycles. The molecule has 0 saturated carbocycles. The summed E-state index contributed by atoms with van der Waals surface area (Å²) in [5.74, 6) is -0.863. The summed E-state index contributed by atoms with van der Waals surface area (Å²) in [5, 5.41) is 8.05. The molecule has 0 rings (SSSR count). The Bertz CT molecular complexity index is 99.2. The number of unbranched alkanes of at least 4 members (excludes halogenated alkanes) is 1. The average Bonchev–Trinajstić information content (AvgIpc) is 1.66. The predicted molar refractivity (Wildman–Crippen MR) is 38.9 cm³/mol. The summed E-state index contributed by atoms with van der Waals surface area (Å²) in [6.45, 7) is 2.01. The van der Waals surface area contributed by atoms with Crippen molar-refractivity contribution in [2.45, 2.75) is 19.8 Å². The molecule has 0 aromatic carbocycles. The zero-order valence-electron chi connectivity index (χ0n) is 5.33. The molecule has 2 nitrogen and oxygen atoms in total. The van der Waals surface area contributed by atoms with E-state index in [9.17, 15) is 4.79 Å². The third kappa shape index (κ3) is 11.2. The first-order chi connectivity index (χ1) is 3.77. The molecule has 3 heteroatoms. The summed E-state index contributed by atoms with van der Waals surface area (Å²) in [5.41, 5.74) is 0. The molecule has 0 aliphatic carbocycles. The molecule has 0 spiro atoms. The van der Waals surface area contributed by atoms with Crippen molar-refractivity contribution >= 4 is 18.4 Å². The van der Waals surface area contributed by atoms with Crippen molar-refractivity contribution in [3.05, 3.63) is 12.2 Å². The Balaban J connectivity index is 0. The molecule has 0 aromatic heterocycles. The fraction of sp³-hybridized carbons (Fsp3) is 0.500. The van der Waals surface area contributed by atoms with E-state index in [0.29, 0.717) is 0 Å². The molecular formula is C6H11ClO2. The average molecular weight is 151 g/mol. The van der Waals surface area contributed by atoms with E-state index in [1.807, 2.05) is 6.92 Å². The van der Waals surface area contributed by atoms with Gasteiger partial charge in [-0.05, 0) is 6.42 Å². The van der Waals surface area contributed by atoms with Gasteiger partial charge in [-0.2, -0.15) is 0 Å². The second kappa shape index (κ2) is 7.50. The highest BCUT2D eigenvalue weighted by Gasteiger charge is 1.81. The second-order valence-corrected chi connectivity index (χ2v) is 1.53. The van der Waals surface area contributed by atoms with Crippen LogP contribution in [0.5, 0.6) is 0 Å². The lowest BCUT2D eigenvalue weighted by Crippen LogP contribution is -1.84. The zero-order valence-corrected chi connectivity index (χ0v) is 6.15. The van der Waals surface area contributed by atoms with Gasteiger partial charge in [0, 0.05) is 6.08 Å². The van der Waals surface area contributed by atoms with Crippen LogP contribution in [-0.4, -0.2) is 11.1 Å². The van der Waals surface area contributed by atoms with E-state index in [0.717, 1.165) is 12.8 Å². The maximum Gasteiger partial charge on any atom is 0.327 e. The first kappa shape index (κ1) is 11.3. The Morgan fingerprint density at radius 3 is 2.56 bits per heavy atom. The summed E-state index contributed by atoms with van der Waals surface area (Å²) in [7, 11) is 0. The molecule has 0 aromatic rings. The standard InChI is InChI=1S/C6H10O2.ClH/c1-2-3-4-5-6(7)8;/h4-5H,2-3H2,1H3,(H,7,8);1H. The normalized spacial score (nSPS) is 9.00. The van der Waals surface area contributed by atoms with Crippen molar-refractivity contribution in [2.75, 3.05) is 0 Å². The van der Waals surface area contributed by atoms with E-state index in [4.69, 9.17) is 5.11 Å². The highest BCUT2D eigenvalue weighted by Crippen LogP contribution is 1.86. The number of carboxylic acids is 1. The van der Waals surface area contributed by atoms with Crippen LogP contribution < -0.4 is 0 Å². The Morgan fingerprint density at radius 2 is 2.22 bits per heavy atom. The number of rotatable bonds is 3.